The smallest absolute Gasteiger partial charge is 0.129 e. The van der Waals surface area contributed by atoms with E-state index in [1.165, 1.54) is 0 Å². The third kappa shape index (κ3) is 2.77. The zero-order valence-corrected chi connectivity index (χ0v) is 12.5. The van der Waals surface area contributed by atoms with E-state index < -0.39 is 6.10 Å². The standard InChI is InChI=1S/C16H16ClN3O/c1-2-20-14-6-4-3-5-12(14)13(19-20)9-15(21)11-7-8-16(17)18-10-11/h3-8,10,15,21H,2,9H2,1H3. The second-order valence-corrected chi connectivity index (χ2v) is 5.30. The minimum atomic E-state index is -0.640. The van der Waals surface area contributed by atoms with Crippen molar-refractivity contribution in [3.05, 3.63) is 59.0 Å². The molecule has 0 saturated heterocycles. The number of pyridine rings is 1. The maximum absolute atomic E-state index is 10.4. The van der Waals surface area contributed by atoms with Crippen molar-refractivity contribution in [3.8, 4) is 0 Å². The number of rotatable bonds is 4. The summed E-state index contributed by atoms with van der Waals surface area (Å²) < 4.78 is 1.96. The molecule has 108 valence electrons. The van der Waals surface area contributed by atoms with Gasteiger partial charge in [-0.25, -0.2) is 4.98 Å². The fraction of sp³-hybridized carbons (Fsp3) is 0.250. The first-order valence-corrected chi connectivity index (χ1v) is 7.30. The molecule has 0 bridgehead atoms. The van der Waals surface area contributed by atoms with Gasteiger partial charge in [0.05, 0.1) is 17.3 Å². The van der Waals surface area contributed by atoms with Gasteiger partial charge in [-0.05, 0) is 24.6 Å². The van der Waals surface area contributed by atoms with Crippen LogP contribution in [0.25, 0.3) is 10.9 Å². The molecular weight excluding hydrogens is 286 g/mol. The van der Waals surface area contributed by atoms with E-state index >= 15 is 0 Å². The Labute approximate surface area is 128 Å². The minimum Gasteiger partial charge on any atom is -0.388 e. The van der Waals surface area contributed by atoms with E-state index in [4.69, 9.17) is 11.6 Å². The molecule has 21 heavy (non-hydrogen) atoms. The second-order valence-electron chi connectivity index (χ2n) is 4.91. The van der Waals surface area contributed by atoms with Crippen LogP contribution < -0.4 is 0 Å². The van der Waals surface area contributed by atoms with Crippen LogP contribution in [0.3, 0.4) is 0 Å². The summed E-state index contributed by atoms with van der Waals surface area (Å²) in [6, 6.07) is 11.5. The third-order valence-corrected chi connectivity index (χ3v) is 3.78. The van der Waals surface area contributed by atoms with Crippen molar-refractivity contribution in [2.45, 2.75) is 26.0 Å². The number of aliphatic hydroxyl groups is 1. The fourth-order valence-electron chi connectivity index (χ4n) is 2.47. The van der Waals surface area contributed by atoms with Crippen molar-refractivity contribution in [1.82, 2.24) is 14.8 Å². The average molecular weight is 302 g/mol. The van der Waals surface area contributed by atoms with Crippen LogP contribution in [0.15, 0.2) is 42.6 Å². The number of aryl methyl sites for hydroxylation is 1. The maximum Gasteiger partial charge on any atom is 0.129 e. The van der Waals surface area contributed by atoms with Gasteiger partial charge in [-0.1, -0.05) is 35.9 Å². The number of aromatic nitrogens is 3. The highest BCUT2D eigenvalue weighted by atomic mass is 35.5. The molecule has 3 aromatic rings. The lowest BCUT2D eigenvalue weighted by atomic mass is 10.0. The second kappa shape index (κ2) is 5.84. The van der Waals surface area contributed by atoms with Crippen LogP contribution in [-0.4, -0.2) is 19.9 Å². The van der Waals surface area contributed by atoms with Crippen LogP contribution in [0, 0.1) is 0 Å². The molecule has 1 unspecified atom stereocenters. The van der Waals surface area contributed by atoms with E-state index in [9.17, 15) is 5.11 Å². The summed E-state index contributed by atoms with van der Waals surface area (Å²) in [5.74, 6) is 0. The van der Waals surface area contributed by atoms with Crippen molar-refractivity contribution in [1.29, 1.82) is 0 Å². The Balaban J connectivity index is 1.92. The molecule has 1 aromatic carbocycles. The molecule has 0 radical (unpaired) electrons. The van der Waals surface area contributed by atoms with Gasteiger partial charge in [-0.15, -0.1) is 0 Å². The Morgan fingerprint density at radius 3 is 2.76 bits per heavy atom. The Bertz CT molecular complexity index is 752. The summed E-state index contributed by atoms with van der Waals surface area (Å²) in [5, 5.41) is 16.5. The molecule has 2 aromatic heterocycles. The number of nitrogens with zero attached hydrogens (tertiary/aromatic N) is 3. The first-order chi connectivity index (χ1) is 10.2. The number of halogens is 1. The third-order valence-electron chi connectivity index (χ3n) is 3.56. The predicted octanol–water partition coefficient (Wildman–Crippen LogP) is 3.38. The maximum atomic E-state index is 10.4. The highest BCUT2D eigenvalue weighted by molar-refractivity contribution is 6.29. The molecule has 0 aliphatic carbocycles. The zero-order valence-electron chi connectivity index (χ0n) is 11.7. The molecule has 3 rings (SSSR count). The van der Waals surface area contributed by atoms with Gasteiger partial charge in [0.25, 0.3) is 0 Å². The summed E-state index contributed by atoms with van der Waals surface area (Å²) in [6.07, 6.45) is 1.42. The van der Waals surface area contributed by atoms with Crippen LogP contribution in [0.4, 0.5) is 0 Å². The van der Waals surface area contributed by atoms with Crippen molar-refractivity contribution < 1.29 is 5.11 Å². The molecule has 1 N–H and O–H groups in total. The Morgan fingerprint density at radius 1 is 1.24 bits per heavy atom. The molecule has 0 spiro atoms. The van der Waals surface area contributed by atoms with Gasteiger partial charge in [0.1, 0.15) is 5.15 Å². The molecule has 0 saturated carbocycles. The van der Waals surface area contributed by atoms with Gasteiger partial charge >= 0.3 is 0 Å². The van der Waals surface area contributed by atoms with E-state index in [1.807, 2.05) is 28.9 Å². The van der Waals surface area contributed by atoms with E-state index in [0.29, 0.717) is 11.6 Å². The van der Waals surface area contributed by atoms with Crippen LogP contribution >= 0.6 is 11.6 Å². The SMILES string of the molecule is CCn1nc(CC(O)c2ccc(Cl)nc2)c2ccccc21. The average Bonchev–Trinajstić information content (AvgIpc) is 2.86. The van der Waals surface area contributed by atoms with E-state index in [1.54, 1.807) is 18.3 Å². The highest BCUT2D eigenvalue weighted by Crippen LogP contribution is 2.24. The van der Waals surface area contributed by atoms with Crippen molar-refractivity contribution in [3.63, 3.8) is 0 Å². The zero-order chi connectivity index (χ0) is 14.8. The van der Waals surface area contributed by atoms with Crippen LogP contribution in [0.5, 0.6) is 0 Å². The largest absolute Gasteiger partial charge is 0.388 e. The van der Waals surface area contributed by atoms with E-state index in [0.717, 1.165) is 28.7 Å². The summed E-state index contributed by atoms with van der Waals surface area (Å²) >= 11 is 5.77. The van der Waals surface area contributed by atoms with Crippen LogP contribution in [0.1, 0.15) is 24.3 Å². The molecule has 0 aliphatic rings. The molecule has 0 fully saturated rings. The van der Waals surface area contributed by atoms with E-state index in [-0.39, 0.29) is 0 Å². The van der Waals surface area contributed by atoms with Gasteiger partial charge in [0, 0.05) is 24.5 Å². The molecule has 4 nitrogen and oxygen atoms in total. The molecule has 0 aliphatic heterocycles. The lowest BCUT2D eigenvalue weighted by molar-refractivity contribution is 0.177. The number of hydrogen-bond donors (Lipinski definition) is 1. The number of para-hydroxylation sites is 1. The summed E-state index contributed by atoms with van der Waals surface area (Å²) in [7, 11) is 0. The van der Waals surface area contributed by atoms with Gasteiger partial charge in [-0.3, -0.25) is 4.68 Å². The number of benzene rings is 1. The quantitative estimate of drug-likeness (QED) is 0.752. The lowest BCUT2D eigenvalue weighted by Crippen LogP contribution is -2.04. The first kappa shape index (κ1) is 14.0. The monoisotopic (exact) mass is 301 g/mol. The van der Waals surface area contributed by atoms with Gasteiger partial charge in [0.15, 0.2) is 0 Å². The van der Waals surface area contributed by atoms with Crippen molar-refractivity contribution >= 4 is 22.5 Å². The van der Waals surface area contributed by atoms with E-state index in [2.05, 4.69) is 17.0 Å². The van der Waals surface area contributed by atoms with Crippen LogP contribution in [0.2, 0.25) is 5.15 Å². The molecule has 5 heteroatoms. The van der Waals surface area contributed by atoms with Crippen molar-refractivity contribution in [2.75, 3.05) is 0 Å². The Kier molecular flexibility index (Phi) is 3.90. The molecule has 2 heterocycles. The molecule has 1 atom stereocenters. The molecular formula is C16H16ClN3O. The number of aliphatic hydroxyl groups excluding tert-OH is 1. The predicted molar refractivity (Wildman–Crippen MR) is 83.3 cm³/mol. The van der Waals surface area contributed by atoms with Crippen molar-refractivity contribution in [2.24, 2.45) is 0 Å². The minimum absolute atomic E-state index is 0.423. The Hall–Kier alpha value is -1.91. The number of hydrogen-bond acceptors (Lipinski definition) is 3. The Morgan fingerprint density at radius 2 is 2.05 bits per heavy atom. The van der Waals surface area contributed by atoms with Gasteiger partial charge in [-0.2, -0.15) is 5.10 Å². The fourth-order valence-corrected chi connectivity index (χ4v) is 2.59. The number of fused-ring (bicyclic) bond motifs is 1. The highest BCUT2D eigenvalue weighted by Gasteiger charge is 2.15. The van der Waals surface area contributed by atoms with Gasteiger partial charge in [0.2, 0.25) is 0 Å². The van der Waals surface area contributed by atoms with Gasteiger partial charge < -0.3 is 5.11 Å². The molecule has 0 amide bonds. The topological polar surface area (TPSA) is 50.9 Å². The summed E-state index contributed by atoms with van der Waals surface area (Å²) in [4.78, 5) is 4.01. The lowest BCUT2D eigenvalue weighted by Gasteiger charge is -2.09. The van der Waals surface area contributed by atoms with Crippen LogP contribution in [-0.2, 0) is 13.0 Å². The summed E-state index contributed by atoms with van der Waals surface area (Å²) in [5.41, 5.74) is 2.74. The normalized spacial score (nSPS) is 12.7. The summed E-state index contributed by atoms with van der Waals surface area (Å²) in [6.45, 7) is 2.86. The first-order valence-electron chi connectivity index (χ1n) is 6.93.